The Bertz CT molecular complexity index is 674. The van der Waals surface area contributed by atoms with Crippen LogP contribution in [0.2, 0.25) is 0 Å². The molecule has 0 saturated carbocycles. The van der Waals surface area contributed by atoms with Crippen molar-refractivity contribution in [2.45, 2.75) is 6.10 Å². The smallest absolute Gasteiger partial charge is 0.251 e. The molecule has 1 atom stereocenters. The molecule has 0 bridgehead atoms. The standard InChI is InChI=1S/C18H21FN2O3/c1-21(2)15-5-3-4-13(10-15)18(23)20-11-16(22)12-24-17-8-6-14(19)7-9-17/h3-10,16,22H,11-12H2,1-2H3,(H,20,23)/t16-/m0/s1. The third-order valence-corrected chi connectivity index (χ3v) is 3.38. The first-order valence-electron chi connectivity index (χ1n) is 7.57. The summed E-state index contributed by atoms with van der Waals surface area (Å²) in [4.78, 5) is 14.0. The van der Waals surface area contributed by atoms with Crippen LogP contribution in [0.25, 0.3) is 0 Å². The third kappa shape index (κ3) is 5.24. The molecule has 0 unspecified atom stereocenters. The van der Waals surface area contributed by atoms with Gasteiger partial charge in [-0.25, -0.2) is 4.39 Å². The van der Waals surface area contributed by atoms with Gasteiger partial charge in [-0.3, -0.25) is 4.79 Å². The van der Waals surface area contributed by atoms with Gasteiger partial charge in [0.2, 0.25) is 0 Å². The van der Waals surface area contributed by atoms with E-state index in [1.54, 1.807) is 18.2 Å². The third-order valence-electron chi connectivity index (χ3n) is 3.38. The van der Waals surface area contributed by atoms with E-state index in [4.69, 9.17) is 4.74 Å². The summed E-state index contributed by atoms with van der Waals surface area (Å²) >= 11 is 0. The predicted molar refractivity (Wildman–Crippen MR) is 91.0 cm³/mol. The molecule has 0 radical (unpaired) electrons. The molecule has 5 nitrogen and oxygen atoms in total. The van der Waals surface area contributed by atoms with Gasteiger partial charge in [-0.1, -0.05) is 6.07 Å². The van der Waals surface area contributed by atoms with Gasteiger partial charge in [-0.2, -0.15) is 0 Å². The Kier molecular flexibility index (Phi) is 6.14. The number of halogens is 1. The zero-order valence-electron chi connectivity index (χ0n) is 13.7. The van der Waals surface area contributed by atoms with Gasteiger partial charge in [0.15, 0.2) is 0 Å². The molecule has 0 fully saturated rings. The highest BCUT2D eigenvalue weighted by Crippen LogP contribution is 2.13. The van der Waals surface area contributed by atoms with Crippen LogP contribution in [0, 0.1) is 5.82 Å². The molecular formula is C18H21FN2O3. The SMILES string of the molecule is CN(C)c1cccc(C(=O)NC[C@H](O)COc2ccc(F)cc2)c1. The lowest BCUT2D eigenvalue weighted by molar-refractivity contribution is 0.0843. The summed E-state index contributed by atoms with van der Waals surface area (Å²) in [7, 11) is 3.79. The van der Waals surface area contributed by atoms with E-state index in [0.29, 0.717) is 11.3 Å². The Labute approximate surface area is 140 Å². The molecule has 0 aromatic heterocycles. The highest BCUT2D eigenvalue weighted by atomic mass is 19.1. The van der Waals surface area contributed by atoms with E-state index < -0.39 is 6.10 Å². The molecule has 128 valence electrons. The second-order valence-corrected chi connectivity index (χ2v) is 5.57. The number of aliphatic hydroxyl groups excluding tert-OH is 1. The molecule has 2 N–H and O–H groups in total. The Hall–Kier alpha value is -2.60. The molecule has 2 aromatic carbocycles. The molecular weight excluding hydrogens is 311 g/mol. The lowest BCUT2D eigenvalue weighted by Gasteiger charge is -2.15. The van der Waals surface area contributed by atoms with E-state index >= 15 is 0 Å². The fourth-order valence-corrected chi connectivity index (χ4v) is 2.02. The minimum atomic E-state index is -0.865. The van der Waals surface area contributed by atoms with Crippen LogP contribution in [0.5, 0.6) is 5.75 Å². The van der Waals surface area contributed by atoms with Crippen LogP contribution >= 0.6 is 0 Å². The molecule has 0 heterocycles. The van der Waals surface area contributed by atoms with Crippen molar-refractivity contribution in [2.24, 2.45) is 0 Å². The summed E-state index contributed by atoms with van der Waals surface area (Å²) in [6, 6.07) is 12.7. The van der Waals surface area contributed by atoms with Crippen LogP contribution in [0.15, 0.2) is 48.5 Å². The average molecular weight is 332 g/mol. The van der Waals surface area contributed by atoms with Crippen molar-refractivity contribution >= 4 is 11.6 Å². The zero-order valence-corrected chi connectivity index (χ0v) is 13.7. The normalized spacial score (nSPS) is 11.7. The number of nitrogens with one attached hydrogen (secondary N) is 1. The van der Waals surface area contributed by atoms with E-state index in [1.807, 2.05) is 25.1 Å². The van der Waals surface area contributed by atoms with Gasteiger partial charge in [-0.15, -0.1) is 0 Å². The topological polar surface area (TPSA) is 61.8 Å². The summed E-state index contributed by atoms with van der Waals surface area (Å²) in [6.07, 6.45) is -0.865. The van der Waals surface area contributed by atoms with Crippen LogP contribution in [-0.2, 0) is 0 Å². The van der Waals surface area contributed by atoms with Crippen LogP contribution < -0.4 is 15.0 Å². The van der Waals surface area contributed by atoms with Crippen molar-refractivity contribution in [3.05, 3.63) is 59.9 Å². The summed E-state index contributed by atoms with van der Waals surface area (Å²) in [5.74, 6) is -0.157. The van der Waals surface area contributed by atoms with Gasteiger partial charge < -0.3 is 20.1 Å². The largest absolute Gasteiger partial charge is 0.491 e. The molecule has 0 spiro atoms. The number of hydrogen-bond donors (Lipinski definition) is 2. The maximum atomic E-state index is 12.8. The number of amides is 1. The Morgan fingerprint density at radius 3 is 2.62 bits per heavy atom. The molecule has 2 rings (SSSR count). The number of rotatable bonds is 7. The van der Waals surface area contributed by atoms with Crippen LogP contribution in [-0.4, -0.2) is 44.4 Å². The molecule has 2 aromatic rings. The summed E-state index contributed by atoms with van der Waals surface area (Å²) in [6.45, 7) is 0.0653. The first-order chi connectivity index (χ1) is 11.5. The maximum absolute atomic E-state index is 12.8. The Balaban J connectivity index is 1.80. The quantitative estimate of drug-likeness (QED) is 0.815. The molecule has 1 amide bonds. The lowest BCUT2D eigenvalue weighted by atomic mass is 10.2. The number of aliphatic hydroxyl groups is 1. The number of hydrogen-bond acceptors (Lipinski definition) is 4. The van der Waals surface area contributed by atoms with Gasteiger partial charge in [0.1, 0.15) is 24.3 Å². The van der Waals surface area contributed by atoms with E-state index in [2.05, 4.69) is 5.32 Å². The minimum absolute atomic E-state index is 0.00362. The monoisotopic (exact) mass is 332 g/mol. The first kappa shape index (κ1) is 17.7. The average Bonchev–Trinajstić information content (AvgIpc) is 2.59. The first-order valence-corrected chi connectivity index (χ1v) is 7.57. The van der Waals surface area contributed by atoms with Gasteiger partial charge >= 0.3 is 0 Å². The van der Waals surface area contributed by atoms with Crippen LogP contribution in [0.1, 0.15) is 10.4 Å². The highest BCUT2D eigenvalue weighted by Gasteiger charge is 2.11. The Morgan fingerprint density at radius 1 is 1.25 bits per heavy atom. The fraction of sp³-hybridized carbons (Fsp3) is 0.278. The van der Waals surface area contributed by atoms with E-state index in [-0.39, 0.29) is 24.9 Å². The molecule has 6 heteroatoms. The van der Waals surface area contributed by atoms with Gasteiger partial charge in [0.05, 0.1) is 0 Å². The van der Waals surface area contributed by atoms with Crippen molar-refractivity contribution in [1.82, 2.24) is 5.32 Å². The van der Waals surface area contributed by atoms with Crippen molar-refractivity contribution in [1.29, 1.82) is 0 Å². The number of ether oxygens (including phenoxy) is 1. The number of carbonyl (C=O) groups excluding carboxylic acids is 1. The van der Waals surface area contributed by atoms with E-state index in [1.165, 1.54) is 24.3 Å². The van der Waals surface area contributed by atoms with Crippen molar-refractivity contribution < 1.29 is 19.0 Å². The zero-order chi connectivity index (χ0) is 17.5. The summed E-state index contributed by atoms with van der Waals surface area (Å²) < 4.78 is 18.1. The predicted octanol–water partition coefficient (Wildman–Crippen LogP) is 2.06. The highest BCUT2D eigenvalue weighted by molar-refractivity contribution is 5.95. The summed E-state index contributed by atoms with van der Waals surface area (Å²) in [5, 5.41) is 12.5. The lowest BCUT2D eigenvalue weighted by Crippen LogP contribution is -2.35. The van der Waals surface area contributed by atoms with E-state index in [0.717, 1.165) is 5.69 Å². The molecule has 24 heavy (non-hydrogen) atoms. The van der Waals surface area contributed by atoms with Gasteiger partial charge in [0, 0.05) is 31.9 Å². The maximum Gasteiger partial charge on any atom is 0.251 e. The fourth-order valence-electron chi connectivity index (χ4n) is 2.02. The summed E-state index contributed by atoms with van der Waals surface area (Å²) in [5.41, 5.74) is 1.44. The minimum Gasteiger partial charge on any atom is -0.491 e. The van der Waals surface area contributed by atoms with Crippen molar-refractivity contribution in [2.75, 3.05) is 32.1 Å². The molecule has 0 aliphatic carbocycles. The number of benzene rings is 2. The molecule has 0 aliphatic heterocycles. The van der Waals surface area contributed by atoms with Crippen LogP contribution in [0.3, 0.4) is 0 Å². The number of nitrogens with zero attached hydrogens (tertiary/aromatic N) is 1. The van der Waals surface area contributed by atoms with Crippen molar-refractivity contribution in [3.8, 4) is 5.75 Å². The van der Waals surface area contributed by atoms with E-state index in [9.17, 15) is 14.3 Å². The van der Waals surface area contributed by atoms with Crippen LogP contribution in [0.4, 0.5) is 10.1 Å². The molecule has 0 aliphatic rings. The Morgan fingerprint density at radius 2 is 1.96 bits per heavy atom. The second-order valence-electron chi connectivity index (χ2n) is 5.57. The van der Waals surface area contributed by atoms with Gasteiger partial charge in [-0.05, 0) is 42.5 Å². The number of carbonyl (C=O) groups is 1. The molecule has 0 saturated heterocycles. The number of anilines is 1. The van der Waals surface area contributed by atoms with Crippen molar-refractivity contribution in [3.63, 3.8) is 0 Å². The van der Waals surface area contributed by atoms with Gasteiger partial charge in [0.25, 0.3) is 5.91 Å². The second kappa shape index (κ2) is 8.31.